The molecule has 0 radical (unpaired) electrons. The van der Waals surface area contributed by atoms with Crippen molar-refractivity contribution in [1.82, 2.24) is 9.80 Å². The third kappa shape index (κ3) is 3.94. The van der Waals surface area contributed by atoms with Gasteiger partial charge in [-0.25, -0.2) is 0 Å². The van der Waals surface area contributed by atoms with Gasteiger partial charge < -0.3 is 14.9 Å². The van der Waals surface area contributed by atoms with E-state index in [4.69, 9.17) is 0 Å². The van der Waals surface area contributed by atoms with Crippen molar-refractivity contribution in [1.29, 1.82) is 0 Å². The Balaban J connectivity index is 1.55. The molecule has 1 N–H and O–H groups in total. The number of anilines is 1. The summed E-state index contributed by atoms with van der Waals surface area (Å²) < 4.78 is 0. The number of piperidine rings is 1. The Morgan fingerprint density at radius 1 is 1.21 bits per heavy atom. The molecular weight excluding hydrogens is 306 g/mol. The molecule has 0 saturated carbocycles. The van der Waals surface area contributed by atoms with Gasteiger partial charge in [-0.3, -0.25) is 14.5 Å². The summed E-state index contributed by atoms with van der Waals surface area (Å²) in [4.78, 5) is 30.2. The maximum Gasteiger partial charge on any atom is 0.246 e. The molecule has 0 spiro atoms. The largest absolute Gasteiger partial charge is 0.392 e. The number of carbonyl (C=O) groups is 2. The fourth-order valence-electron chi connectivity index (χ4n) is 3.35. The maximum absolute atomic E-state index is 12.4. The fourth-order valence-corrected chi connectivity index (χ4v) is 3.35. The minimum absolute atomic E-state index is 0.0268. The van der Waals surface area contributed by atoms with Crippen molar-refractivity contribution in [3.8, 4) is 0 Å². The van der Waals surface area contributed by atoms with Gasteiger partial charge in [0.1, 0.15) is 6.54 Å². The molecule has 0 aromatic heterocycles. The van der Waals surface area contributed by atoms with E-state index in [-0.39, 0.29) is 31.0 Å². The zero-order valence-electron chi connectivity index (χ0n) is 14.1. The van der Waals surface area contributed by atoms with Crippen LogP contribution in [-0.4, -0.2) is 72.1 Å². The Labute approximate surface area is 142 Å². The molecule has 2 heterocycles. The van der Waals surface area contributed by atoms with Gasteiger partial charge in [-0.15, -0.1) is 0 Å². The molecule has 2 aliphatic rings. The van der Waals surface area contributed by atoms with Gasteiger partial charge in [-0.05, 0) is 38.4 Å². The molecule has 2 amide bonds. The van der Waals surface area contributed by atoms with E-state index < -0.39 is 0 Å². The standard InChI is InChI=1S/C18H25N3O3/c1-14-4-6-15(7-5-14)21-10-9-20(13-18(21)24)17(23)12-19-8-2-3-16(22)11-19/h4-7,16,22H,2-3,8-13H2,1H3/t16-/m0/s1. The van der Waals surface area contributed by atoms with E-state index in [1.165, 1.54) is 0 Å². The lowest BCUT2D eigenvalue weighted by molar-refractivity contribution is -0.138. The van der Waals surface area contributed by atoms with Gasteiger partial charge in [0.15, 0.2) is 0 Å². The average Bonchev–Trinajstić information content (AvgIpc) is 2.56. The Bertz CT molecular complexity index is 602. The number of hydrogen-bond acceptors (Lipinski definition) is 4. The number of piperazine rings is 1. The molecule has 1 aromatic carbocycles. The van der Waals surface area contributed by atoms with Gasteiger partial charge >= 0.3 is 0 Å². The van der Waals surface area contributed by atoms with Gasteiger partial charge in [-0.2, -0.15) is 0 Å². The summed E-state index contributed by atoms with van der Waals surface area (Å²) in [6.45, 7) is 4.88. The predicted molar refractivity (Wildman–Crippen MR) is 91.8 cm³/mol. The number of aliphatic hydroxyl groups is 1. The molecule has 2 aliphatic heterocycles. The van der Waals surface area contributed by atoms with Crippen LogP contribution in [0.3, 0.4) is 0 Å². The highest BCUT2D eigenvalue weighted by Gasteiger charge is 2.29. The molecular formula is C18H25N3O3. The first-order valence-corrected chi connectivity index (χ1v) is 8.58. The number of aryl methyl sites for hydroxylation is 1. The quantitative estimate of drug-likeness (QED) is 0.882. The fraction of sp³-hybridized carbons (Fsp3) is 0.556. The number of likely N-dealkylation sites (tertiary alicyclic amines) is 1. The summed E-state index contributed by atoms with van der Waals surface area (Å²) in [6.07, 6.45) is 1.37. The summed E-state index contributed by atoms with van der Waals surface area (Å²) in [5.41, 5.74) is 2.04. The van der Waals surface area contributed by atoms with Crippen molar-refractivity contribution in [2.24, 2.45) is 0 Å². The Hall–Kier alpha value is -1.92. The van der Waals surface area contributed by atoms with Gasteiger partial charge in [0.05, 0.1) is 12.6 Å². The lowest BCUT2D eigenvalue weighted by atomic mass is 10.1. The van der Waals surface area contributed by atoms with Crippen LogP contribution in [0.4, 0.5) is 5.69 Å². The normalized spacial score (nSPS) is 22.8. The van der Waals surface area contributed by atoms with Crippen molar-refractivity contribution in [2.75, 3.05) is 44.2 Å². The molecule has 24 heavy (non-hydrogen) atoms. The van der Waals surface area contributed by atoms with Gasteiger partial charge in [-0.1, -0.05) is 17.7 Å². The van der Waals surface area contributed by atoms with Crippen LogP contribution in [0.1, 0.15) is 18.4 Å². The second kappa shape index (κ2) is 7.32. The third-order valence-electron chi connectivity index (χ3n) is 4.76. The molecule has 2 fully saturated rings. The minimum atomic E-state index is -0.341. The van der Waals surface area contributed by atoms with Crippen LogP contribution in [-0.2, 0) is 9.59 Å². The van der Waals surface area contributed by atoms with Crippen molar-refractivity contribution in [2.45, 2.75) is 25.9 Å². The van der Waals surface area contributed by atoms with E-state index in [0.29, 0.717) is 19.6 Å². The van der Waals surface area contributed by atoms with E-state index in [1.54, 1.807) is 9.80 Å². The number of carbonyl (C=O) groups excluding carboxylic acids is 2. The lowest BCUT2D eigenvalue weighted by Gasteiger charge is -2.36. The summed E-state index contributed by atoms with van der Waals surface area (Å²) in [6, 6.07) is 7.86. The number of β-amino-alcohol motifs (C(OH)–C–C–N with tert-alkyl or cyclic N) is 1. The zero-order valence-corrected chi connectivity index (χ0v) is 14.1. The number of rotatable bonds is 3. The summed E-state index contributed by atoms with van der Waals surface area (Å²) in [5, 5.41) is 9.70. The highest BCUT2D eigenvalue weighted by Crippen LogP contribution is 2.18. The SMILES string of the molecule is Cc1ccc(N2CCN(C(=O)CN3CCC[C@H](O)C3)CC2=O)cc1. The first-order valence-electron chi connectivity index (χ1n) is 8.58. The number of hydrogen-bond donors (Lipinski definition) is 1. The van der Waals surface area contributed by atoms with Crippen molar-refractivity contribution >= 4 is 17.5 Å². The van der Waals surface area contributed by atoms with Crippen LogP contribution < -0.4 is 4.90 Å². The van der Waals surface area contributed by atoms with Gasteiger partial charge in [0.2, 0.25) is 11.8 Å². The van der Waals surface area contributed by atoms with Gasteiger partial charge in [0.25, 0.3) is 0 Å². The Kier molecular flexibility index (Phi) is 5.16. The van der Waals surface area contributed by atoms with Crippen LogP contribution >= 0.6 is 0 Å². The Morgan fingerprint density at radius 2 is 1.96 bits per heavy atom. The number of nitrogens with zero attached hydrogens (tertiary/aromatic N) is 3. The van der Waals surface area contributed by atoms with Crippen LogP contribution in [0.25, 0.3) is 0 Å². The number of amides is 2. The summed E-state index contributed by atoms with van der Waals surface area (Å²) in [5.74, 6) is -0.0712. The molecule has 130 valence electrons. The average molecular weight is 331 g/mol. The monoisotopic (exact) mass is 331 g/mol. The topological polar surface area (TPSA) is 64.1 Å². The van der Waals surface area contributed by atoms with E-state index in [9.17, 15) is 14.7 Å². The summed E-state index contributed by atoms with van der Waals surface area (Å²) in [7, 11) is 0. The third-order valence-corrected chi connectivity index (χ3v) is 4.76. The highest BCUT2D eigenvalue weighted by molar-refractivity contribution is 5.98. The van der Waals surface area contributed by atoms with Crippen LogP contribution in [0.5, 0.6) is 0 Å². The van der Waals surface area contributed by atoms with Gasteiger partial charge in [0, 0.05) is 25.3 Å². The first kappa shape index (κ1) is 16.9. The molecule has 6 heteroatoms. The Morgan fingerprint density at radius 3 is 2.62 bits per heavy atom. The van der Waals surface area contributed by atoms with E-state index in [1.807, 2.05) is 36.1 Å². The van der Waals surface area contributed by atoms with E-state index >= 15 is 0 Å². The van der Waals surface area contributed by atoms with Crippen LogP contribution in [0.15, 0.2) is 24.3 Å². The molecule has 3 rings (SSSR count). The summed E-state index contributed by atoms with van der Waals surface area (Å²) >= 11 is 0. The van der Waals surface area contributed by atoms with E-state index in [0.717, 1.165) is 30.6 Å². The smallest absolute Gasteiger partial charge is 0.246 e. The molecule has 1 aromatic rings. The van der Waals surface area contributed by atoms with Crippen molar-refractivity contribution in [3.05, 3.63) is 29.8 Å². The van der Waals surface area contributed by atoms with Crippen LogP contribution in [0, 0.1) is 6.92 Å². The van der Waals surface area contributed by atoms with E-state index in [2.05, 4.69) is 0 Å². The van der Waals surface area contributed by atoms with Crippen LogP contribution in [0.2, 0.25) is 0 Å². The molecule has 2 saturated heterocycles. The molecule has 0 aliphatic carbocycles. The molecule has 1 atom stereocenters. The second-order valence-electron chi connectivity index (χ2n) is 6.73. The first-order chi connectivity index (χ1) is 11.5. The number of benzene rings is 1. The lowest BCUT2D eigenvalue weighted by Crippen LogP contribution is -2.55. The number of aliphatic hydroxyl groups excluding tert-OH is 1. The zero-order chi connectivity index (χ0) is 17.1. The molecule has 0 unspecified atom stereocenters. The highest BCUT2D eigenvalue weighted by atomic mass is 16.3. The predicted octanol–water partition coefficient (Wildman–Crippen LogP) is 0.627. The van der Waals surface area contributed by atoms with Crippen molar-refractivity contribution < 1.29 is 14.7 Å². The molecule has 0 bridgehead atoms. The van der Waals surface area contributed by atoms with Crippen molar-refractivity contribution in [3.63, 3.8) is 0 Å². The minimum Gasteiger partial charge on any atom is -0.392 e. The maximum atomic E-state index is 12.4. The molecule has 6 nitrogen and oxygen atoms in total. The second-order valence-corrected chi connectivity index (χ2v) is 6.73.